The zero-order valence-corrected chi connectivity index (χ0v) is 16.6. The maximum absolute atomic E-state index is 12.2. The Bertz CT molecular complexity index is 988. The first-order chi connectivity index (χ1) is 13.2. The number of benzene rings is 2. The molecule has 0 heterocycles. The largest absolute Gasteiger partial charge is 0.449 e. The molecule has 0 saturated heterocycles. The second kappa shape index (κ2) is 8.30. The van der Waals surface area contributed by atoms with Gasteiger partial charge in [0, 0.05) is 16.8 Å². The molecule has 2 aromatic carbocycles. The lowest BCUT2D eigenvalue weighted by Crippen LogP contribution is -2.30. The highest BCUT2D eigenvalue weighted by atomic mass is 35.5. The highest BCUT2D eigenvalue weighted by Gasteiger charge is 2.28. The van der Waals surface area contributed by atoms with E-state index in [1.165, 1.54) is 31.2 Å². The third kappa shape index (κ3) is 5.31. The second-order valence-corrected chi connectivity index (χ2v) is 8.62. The van der Waals surface area contributed by atoms with Gasteiger partial charge in [0.1, 0.15) is 0 Å². The number of hydrogen-bond donors (Lipinski definition) is 2. The summed E-state index contributed by atoms with van der Waals surface area (Å²) >= 11 is 5.86. The van der Waals surface area contributed by atoms with Crippen molar-refractivity contribution in [2.45, 2.75) is 36.8 Å². The number of amides is 1. The van der Waals surface area contributed by atoms with E-state index in [0.29, 0.717) is 10.7 Å². The Morgan fingerprint density at radius 1 is 1.14 bits per heavy atom. The van der Waals surface area contributed by atoms with Crippen molar-refractivity contribution in [3.05, 3.63) is 59.1 Å². The maximum atomic E-state index is 12.2. The molecule has 28 heavy (non-hydrogen) atoms. The Kier molecular flexibility index (Phi) is 6.02. The number of nitrogens with one attached hydrogen (secondary N) is 2. The molecule has 1 fully saturated rings. The molecule has 0 bridgehead atoms. The minimum atomic E-state index is -3.59. The molecule has 1 atom stereocenters. The number of ether oxygens (including phenoxy) is 1. The fourth-order valence-corrected chi connectivity index (χ4v) is 3.85. The van der Waals surface area contributed by atoms with Crippen LogP contribution in [-0.2, 0) is 19.6 Å². The van der Waals surface area contributed by atoms with E-state index in [0.717, 1.165) is 12.8 Å². The zero-order valence-electron chi connectivity index (χ0n) is 15.0. The Labute approximate surface area is 168 Å². The summed E-state index contributed by atoms with van der Waals surface area (Å²) in [5.41, 5.74) is 0.630. The molecule has 0 aromatic heterocycles. The average molecular weight is 423 g/mol. The van der Waals surface area contributed by atoms with E-state index in [9.17, 15) is 18.0 Å². The van der Waals surface area contributed by atoms with Crippen LogP contribution in [0.4, 0.5) is 5.69 Å². The first-order valence-electron chi connectivity index (χ1n) is 8.64. The summed E-state index contributed by atoms with van der Waals surface area (Å²) in [6.45, 7) is 1.44. The highest BCUT2D eigenvalue weighted by Crippen LogP contribution is 2.22. The summed E-state index contributed by atoms with van der Waals surface area (Å²) in [5.74, 6) is -1.24. The smallest absolute Gasteiger partial charge is 0.338 e. The maximum Gasteiger partial charge on any atom is 0.338 e. The molecule has 7 nitrogen and oxygen atoms in total. The van der Waals surface area contributed by atoms with E-state index in [1.807, 2.05) is 0 Å². The molecule has 2 aromatic rings. The lowest BCUT2D eigenvalue weighted by atomic mass is 10.2. The fraction of sp³-hybridized carbons (Fsp3) is 0.263. The summed E-state index contributed by atoms with van der Waals surface area (Å²) in [4.78, 5) is 24.5. The van der Waals surface area contributed by atoms with Crippen LogP contribution in [0.5, 0.6) is 0 Å². The number of sulfonamides is 1. The van der Waals surface area contributed by atoms with E-state index in [-0.39, 0.29) is 16.5 Å². The molecule has 148 valence electrons. The number of rotatable bonds is 7. The molecule has 0 aliphatic heterocycles. The molecular weight excluding hydrogens is 404 g/mol. The third-order valence-corrected chi connectivity index (χ3v) is 5.82. The van der Waals surface area contributed by atoms with Gasteiger partial charge in [0.15, 0.2) is 6.10 Å². The topological polar surface area (TPSA) is 102 Å². The predicted molar refractivity (Wildman–Crippen MR) is 105 cm³/mol. The van der Waals surface area contributed by atoms with Crippen molar-refractivity contribution in [3.63, 3.8) is 0 Å². The SMILES string of the molecule is CC(OC(=O)c1ccc(S(=O)(=O)NC2CC2)cc1)C(=O)Nc1cccc(Cl)c1. The second-order valence-electron chi connectivity index (χ2n) is 6.47. The van der Waals surface area contributed by atoms with Gasteiger partial charge in [0.05, 0.1) is 10.5 Å². The van der Waals surface area contributed by atoms with E-state index >= 15 is 0 Å². The van der Waals surface area contributed by atoms with Crippen molar-refractivity contribution in [1.82, 2.24) is 4.72 Å². The van der Waals surface area contributed by atoms with Gasteiger partial charge in [0.2, 0.25) is 10.0 Å². The van der Waals surface area contributed by atoms with Crippen molar-refractivity contribution >= 4 is 39.2 Å². The van der Waals surface area contributed by atoms with Crippen LogP contribution in [-0.4, -0.2) is 32.4 Å². The summed E-state index contributed by atoms with van der Waals surface area (Å²) in [6.07, 6.45) is 0.615. The molecule has 0 radical (unpaired) electrons. The molecule has 2 N–H and O–H groups in total. The van der Waals surface area contributed by atoms with Crippen molar-refractivity contribution in [2.75, 3.05) is 5.32 Å². The van der Waals surface area contributed by atoms with Gasteiger partial charge in [-0.1, -0.05) is 17.7 Å². The summed E-state index contributed by atoms with van der Waals surface area (Å²) in [6, 6.07) is 11.9. The highest BCUT2D eigenvalue weighted by molar-refractivity contribution is 7.89. The van der Waals surface area contributed by atoms with Crippen LogP contribution < -0.4 is 10.0 Å². The first-order valence-corrected chi connectivity index (χ1v) is 10.5. The Hall–Kier alpha value is -2.42. The van der Waals surface area contributed by atoms with Gasteiger partial charge in [-0.25, -0.2) is 17.9 Å². The van der Waals surface area contributed by atoms with Gasteiger partial charge in [-0.3, -0.25) is 4.79 Å². The Balaban J connectivity index is 1.59. The lowest BCUT2D eigenvalue weighted by Gasteiger charge is -2.14. The number of esters is 1. The van der Waals surface area contributed by atoms with Crippen LogP contribution in [0.15, 0.2) is 53.4 Å². The summed E-state index contributed by atoms with van der Waals surface area (Å²) in [7, 11) is -3.59. The standard InChI is InChI=1S/C19H19ClN2O5S/c1-12(18(23)21-16-4-2-3-14(20)11-16)27-19(24)13-5-9-17(10-6-13)28(25,26)22-15-7-8-15/h2-6,9-12,15,22H,7-8H2,1H3,(H,21,23). The number of carbonyl (C=O) groups excluding carboxylic acids is 2. The van der Waals surface area contributed by atoms with Crippen LogP contribution in [0.2, 0.25) is 5.02 Å². The number of anilines is 1. The quantitative estimate of drug-likeness (QED) is 0.668. The van der Waals surface area contributed by atoms with Crippen molar-refractivity contribution in [2.24, 2.45) is 0 Å². The predicted octanol–water partition coefficient (Wildman–Crippen LogP) is 2.96. The van der Waals surface area contributed by atoms with Gasteiger partial charge < -0.3 is 10.1 Å². The van der Waals surface area contributed by atoms with Crippen LogP contribution in [0.1, 0.15) is 30.1 Å². The summed E-state index contributed by atoms with van der Waals surface area (Å²) in [5, 5.41) is 3.07. The van der Waals surface area contributed by atoms with Crippen LogP contribution in [0, 0.1) is 0 Å². The molecule has 1 aliphatic carbocycles. The van der Waals surface area contributed by atoms with Gasteiger partial charge in [0.25, 0.3) is 5.91 Å². The van der Waals surface area contributed by atoms with Crippen LogP contribution >= 0.6 is 11.6 Å². The molecule has 1 saturated carbocycles. The monoisotopic (exact) mass is 422 g/mol. The molecule has 1 amide bonds. The van der Waals surface area contributed by atoms with Crippen molar-refractivity contribution in [1.29, 1.82) is 0 Å². The third-order valence-electron chi connectivity index (χ3n) is 4.04. The molecule has 9 heteroatoms. The van der Waals surface area contributed by atoms with Crippen LogP contribution in [0.25, 0.3) is 0 Å². The minimum absolute atomic E-state index is 0.00602. The van der Waals surface area contributed by atoms with Gasteiger partial charge in [-0.05, 0) is 62.2 Å². The van der Waals surface area contributed by atoms with Gasteiger partial charge in [-0.2, -0.15) is 0 Å². The molecule has 0 spiro atoms. The van der Waals surface area contributed by atoms with Gasteiger partial charge >= 0.3 is 5.97 Å². The lowest BCUT2D eigenvalue weighted by molar-refractivity contribution is -0.123. The minimum Gasteiger partial charge on any atom is -0.449 e. The normalized spacial score (nSPS) is 14.9. The van der Waals surface area contributed by atoms with Crippen LogP contribution in [0.3, 0.4) is 0 Å². The Morgan fingerprint density at radius 2 is 1.82 bits per heavy atom. The van der Waals surface area contributed by atoms with Crippen molar-refractivity contribution < 1.29 is 22.7 Å². The number of halogens is 1. The van der Waals surface area contributed by atoms with Gasteiger partial charge in [-0.15, -0.1) is 0 Å². The molecule has 3 rings (SSSR count). The number of carbonyl (C=O) groups is 2. The Morgan fingerprint density at radius 3 is 2.43 bits per heavy atom. The molecule has 1 unspecified atom stereocenters. The van der Waals surface area contributed by atoms with E-state index in [1.54, 1.807) is 24.3 Å². The molecule has 1 aliphatic rings. The fourth-order valence-electron chi connectivity index (χ4n) is 2.35. The average Bonchev–Trinajstić information content (AvgIpc) is 3.45. The zero-order chi connectivity index (χ0) is 20.3. The molecular formula is C19H19ClN2O5S. The van der Waals surface area contributed by atoms with E-state index in [4.69, 9.17) is 16.3 Å². The summed E-state index contributed by atoms with van der Waals surface area (Å²) < 4.78 is 32.0. The number of hydrogen-bond acceptors (Lipinski definition) is 5. The van der Waals surface area contributed by atoms with E-state index < -0.39 is 28.0 Å². The van der Waals surface area contributed by atoms with Crippen molar-refractivity contribution in [3.8, 4) is 0 Å². The first kappa shape index (κ1) is 20.3. The van der Waals surface area contributed by atoms with E-state index in [2.05, 4.69) is 10.0 Å².